The van der Waals surface area contributed by atoms with E-state index in [9.17, 15) is 29.1 Å². The van der Waals surface area contributed by atoms with Crippen LogP contribution in [0.25, 0.3) is 33.5 Å². The maximum Gasteiger partial charge on any atom is 0.417 e. The molecule has 2 amide bonds. The first-order chi connectivity index (χ1) is 40.9. The number of morpholine rings is 1. The molecule has 458 valence electrons. The van der Waals surface area contributed by atoms with Gasteiger partial charge in [-0.25, -0.2) is 24.6 Å². The number of unbranched alkanes of at least 4 members (excludes halogenated alkanes) is 4. The van der Waals surface area contributed by atoms with Crippen LogP contribution in [0.5, 0.6) is 0 Å². The normalized spacial score (nSPS) is 13.6. The third-order valence-corrected chi connectivity index (χ3v) is 13.8. The van der Waals surface area contributed by atoms with Crippen molar-refractivity contribution >= 4 is 98.7 Å². The molecule has 0 unspecified atom stereocenters. The number of ether oxygens (including phenoxy) is 2. The molecule has 1 saturated carbocycles. The number of imidazole rings is 3. The van der Waals surface area contributed by atoms with E-state index in [1.165, 1.54) is 44.0 Å². The Labute approximate surface area is 492 Å². The van der Waals surface area contributed by atoms with Crippen molar-refractivity contribution in [2.45, 2.75) is 144 Å². The standard InChI is InChI=1S/C24H32N6O4.C18H24N6O4.C15H24N6O2/c1-5-6-10-13-30(23(33)34-24(2,3)4)22-27-20(25-14-17-11-8-7-9-12-17)19-21(28-22)29(16-26-19)15-18(31)32;25-13(26)10-24-11-19-14-15(23-6-8-28-9-7-23)20-18(21-16(14)24)22-17(27)12-4-2-1-3-5-12;1-4-6-7-8-16-15-18-13(20(3)5-2)12-14(19-15)21(10-17-12)9-11(22)23/h7-9,11-12,16H,5-6,10,13-15H2,1-4H3,(H,31,32)(H,25,27,28);11-12H,1-10H2,(H,25,26)(H,20,21,22,27);10H,4-9H2,1-3H3,(H,22,23)(H,16,18,19). The number of hydrogen-bond acceptors (Lipinski definition) is 20. The fraction of sp³-hybridized carbons (Fsp3) is 0.544. The molecule has 28 nitrogen and oxygen atoms in total. The number of carbonyl (C=O) groups is 5. The van der Waals surface area contributed by atoms with Crippen molar-refractivity contribution in [3.63, 3.8) is 0 Å². The molecule has 0 bridgehead atoms. The van der Waals surface area contributed by atoms with Gasteiger partial charge in [-0.3, -0.25) is 24.5 Å². The molecule has 1 aliphatic heterocycles. The molecule has 1 aromatic carbocycles. The molecule has 0 spiro atoms. The molecule has 9 rings (SSSR count). The predicted octanol–water partition coefficient (Wildman–Crippen LogP) is 7.69. The van der Waals surface area contributed by atoms with Gasteiger partial charge in [0.05, 0.1) is 32.2 Å². The summed E-state index contributed by atoms with van der Waals surface area (Å²) in [5.41, 5.74) is 3.18. The van der Waals surface area contributed by atoms with Crippen LogP contribution in [0.15, 0.2) is 49.3 Å². The smallest absolute Gasteiger partial charge is 0.417 e. The number of nitrogens with zero attached hydrogens (tertiary/aromatic N) is 15. The van der Waals surface area contributed by atoms with Gasteiger partial charge in [0, 0.05) is 52.2 Å². The zero-order valence-electron chi connectivity index (χ0n) is 49.7. The first kappa shape index (κ1) is 63.8. The Morgan fingerprint density at radius 1 is 0.682 bits per heavy atom. The van der Waals surface area contributed by atoms with Gasteiger partial charge in [-0.15, -0.1) is 0 Å². The van der Waals surface area contributed by atoms with E-state index in [0.29, 0.717) is 96.3 Å². The quantitative estimate of drug-likeness (QED) is 0.0316. The summed E-state index contributed by atoms with van der Waals surface area (Å²) in [6, 6.07) is 9.78. The van der Waals surface area contributed by atoms with Crippen LogP contribution in [0.2, 0.25) is 0 Å². The Morgan fingerprint density at radius 3 is 1.86 bits per heavy atom. The highest BCUT2D eigenvalue weighted by molar-refractivity contribution is 5.94. The average Bonchev–Trinajstić information content (AvgIpc) is 2.17. The van der Waals surface area contributed by atoms with Crippen molar-refractivity contribution in [3.05, 3.63) is 54.9 Å². The van der Waals surface area contributed by atoms with Gasteiger partial charge in [-0.2, -0.15) is 29.9 Å². The van der Waals surface area contributed by atoms with Crippen LogP contribution in [-0.4, -0.2) is 162 Å². The predicted molar refractivity (Wildman–Crippen MR) is 321 cm³/mol. The SMILES string of the molecule is CCCCCN(C(=O)OC(C)(C)C)c1nc(NCc2ccccc2)c2ncn(CC(=O)O)c2n1.CCCCCNc1nc(N(C)CC)c2ncn(CC(=O)O)c2n1.O=C(O)Cn1cnc2c(N3CCOCC3)nc(NC(=O)C3CCCCC3)nc21. The average molecular weight is 1180 g/mol. The van der Waals surface area contributed by atoms with Gasteiger partial charge in [0.15, 0.2) is 50.9 Å². The summed E-state index contributed by atoms with van der Waals surface area (Å²) < 4.78 is 15.4. The highest BCUT2D eigenvalue weighted by atomic mass is 16.6. The zero-order valence-corrected chi connectivity index (χ0v) is 49.7. The minimum atomic E-state index is -1.02. The summed E-state index contributed by atoms with van der Waals surface area (Å²) >= 11 is 0. The van der Waals surface area contributed by atoms with Crippen molar-refractivity contribution in [2.75, 3.05) is 83.6 Å². The lowest BCUT2D eigenvalue weighted by molar-refractivity contribution is -0.138. The number of rotatable bonds is 24. The molecule has 28 heteroatoms. The van der Waals surface area contributed by atoms with Crippen molar-refractivity contribution in [2.24, 2.45) is 5.92 Å². The van der Waals surface area contributed by atoms with E-state index < -0.39 is 29.6 Å². The minimum absolute atomic E-state index is 0.0242. The lowest BCUT2D eigenvalue weighted by Crippen LogP contribution is -2.38. The Kier molecular flexibility index (Phi) is 23.0. The molecule has 0 atom stereocenters. The fourth-order valence-electron chi connectivity index (χ4n) is 9.41. The third kappa shape index (κ3) is 18.1. The fourth-order valence-corrected chi connectivity index (χ4v) is 9.41. The van der Waals surface area contributed by atoms with E-state index in [2.05, 4.69) is 74.7 Å². The molecule has 85 heavy (non-hydrogen) atoms. The molecule has 6 aromatic heterocycles. The molecular weight excluding hydrogens is 1100 g/mol. The Morgan fingerprint density at radius 2 is 1.26 bits per heavy atom. The summed E-state index contributed by atoms with van der Waals surface area (Å²) in [6.45, 7) is 15.8. The number of carbonyl (C=O) groups excluding carboxylic acids is 2. The number of benzene rings is 1. The molecule has 1 aliphatic carbocycles. The van der Waals surface area contributed by atoms with Crippen LogP contribution in [0.3, 0.4) is 0 Å². The van der Waals surface area contributed by atoms with E-state index >= 15 is 0 Å². The van der Waals surface area contributed by atoms with Crippen LogP contribution in [0.1, 0.15) is 118 Å². The lowest BCUT2D eigenvalue weighted by atomic mass is 9.89. The van der Waals surface area contributed by atoms with E-state index in [0.717, 1.165) is 82.9 Å². The summed E-state index contributed by atoms with van der Waals surface area (Å²) in [4.78, 5) is 105. The number of aliphatic carboxylic acids is 3. The number of aromatic nitrogens is 12. The second-order valence-corrected chi connectivity index (χ2v) is 21.7. The van der Waals surface area contributed by atoms with Crippen LogP contribution >= 0.6 is 0 Å². The van der Waals surface area contributed by atoms with Crippen molar-refractivity contribution in [3.8, 4) is 0 Å². The summed E-state index contributed by atoms with van der Waals surface area (Å²) in [5.74, 6) is -0.476. The first-order valence-corrected chi connectivity index (χ1v) is 29.1. The van der Waals surface area contributed by atoms with Crippen LogP contribution in [0, 0.1) is 5.92 Å². The second kappa shape index (κ2) is 30.6. The number of anilines is 6. The highest BCUT2D eigenvalue weighted by Crippen LogP contribution is 2.30. The van der Waals surface area contributed by atoms with Crippen LogP contribution in [-0.2, 0) is 54.8 Å². The number of fused-ring (bicyclic) bond motifs is 3. The van der Waals surface area contributed by atoms with Crippen molar-refractivity contribution in [1.82, 2.24) is 58.6 Å². The summed E-state index contributed by atoms with van der Waals surface area (Å²) in [7, 11) is 1.93. The van der Waals surface area contributed by atoms with E-state index in [-0.39, 0.29) is 43.4 Å². The number of hydrogen-bond donors (Lipinski definition) is 6. The molecule has 7 aromatic rings. The van der Waals surface area contributed by atoms with Gasteiger partial charge in [0.2, 0.25) is 23.8 Å². The van der Waals surface area contributed by atoms with E-state index in [4.69, 9.17) is 19.7 Å². The second-order valence-electron chi connectivity index (χ2n) is 21.7. The molecule has 0 radical (unpaired) electrons. The number of amides is 2. The Bertz CT molecular complexity index is 3350. The van der Waals surface area contributed by atoms with Gasteiger partial charge in [0.1, 0.15) is 25.2 Å². The van der Waals surface area contributed by atoms with Crippen molar-refractivity contribution < 1.29 is 48.8 Å². The number of carboxylic acid groups (broad SMARTS) is 3. The van der Waals surface area contributed by atoms with Crippen molar-refractivity contribution in [1.29, 1.82) is 0 Å². The molecule has 1 saturated heterocycles. The Hall–Kier alpha value is -8.82. The van der Waals surface area contributed by atoms with Gasteiger partial charge in [-0.1, -0.05) is 89.1 Å². The summed E-state index contributed by atoms with van der Waals surface area (Å²) in [5, 5.41) is 36.8. The molecule has 6 N–H and O–H groups in total. The monoisotopic (exact) mass is 1180 g/mol. The highest BCUT2D eigenvalue weighted by Gasteiger charge is 2.29. The lowest BCUT2D eigenvalue weighted by Gasteiger charge is -2.28. The maximum atomic E-state index is 13.1. The van der Waals surface area contributed by atoms with Gasteiger partial charge < -0.3 is 58.9 Å². The summed E-state index contributed by atoms with van der Waals surface area (Å²) in [6.07, 6.45) is 14.9. The molecular formula is C57H80N18O10. The number of carboxylic acids is 3. The largest absolute Gasteiger partial charge is 0.480 e. The topological polar surface area (TPSA) is 341 Å². The van der Waals surface area contributed by atoms with E-state index in [1.807, 2.05) is 54.1 Å². The minimum Gasteiger partial charge on any atom is -0.480 e. The molecule has 2 fully saturated rings. The van der Waals surface area contributed by atoms with Crippen LogP contribution in [0.4, 0.5) is 40.1 Å². The van der Waals surface area contributed by atoms with E-state index in [1.54, 1.807) is 20.8 Å². The third-order valence-electron chi connectivity index (χ3n) is 13.8. The first-order valence-electron chi connectivity index (χ1n) is 29.1. The van der Waals surface area contributed by atoms with Crippen LogP contribution < -0.4 is 30.7 Å². The maximum absolute atomic E-state index is 13.1. The van der Waals surface area contributed by atoms with Gasteiger partial charge in [0.25, 0.3) is 0 Å². The molecule has 2 aliphatic rings. The molecule has 7 heterocycles. The zero-order chi connectivity index (χ0) is 61.0. The van der Waals surface area contributed by atoms with Gasteiger partial charge >= 0.3 is 24.0 Å². The Balaban J connectivity index is 0.000000186. The number of nitrogens with one attached hydrogen (secondary N) is 3. The van der Waals surface area contributed by atoms with Gasteiger partial charge in [-0.05, 0) is 58.9 Å².